The highest BCUT2D eigenvalue weighted by molar-refractivity contribution is 7.89. The van der Waals surface area contributed by atoms with Crippen molar-refractivity contribution in [1.82, 2.24) is 0 Å². The largest absolute Gasteiger partial charge is 0.296 e. The molecule has 0 atom stereocenters. The highest BCUT2D eigenvalue weighted by Crippen LogP contribution is 2.28. The van der Waals surface area contributed by atoms with Crippen molar-refractivity contribution in [3.05, 3.63) is 30.3 Å². The van der Waals surface area contributed by atoms with Crippen LogP contribution >= 0.6 is 0 Å². The third-order valence-electron chi connectivity index (χ3n) is 1.97. The molecule has 2 N–H and O–H groups in total. The fourth-order valence-electron chi connectivity index (χ4n) is 1.32. The maximum Gasteiger partial charge on any atom is 0.296 e. The molecule has 0 bridgehead atoms. The van der Waals surface area contributed by atoms with Gasteiger partial charge in [-0.1, -0.05) is 18.7 Å². The summed E-state index contributed by atoms with van der Waals surface area (Å²) in [4.78, 5) is -1.74. The SMILES string of the molecule is C=C(C)c1cccc(S(=O)(=O)O)c1S(=O)(=O)O.[Mg]. The molecule has 0 unspecified atom stereocenters. The third kappa shape index (κ3) is 3.77. The van der Waals surface area contributed by atoms with E-state index in [-0.39, 0.29) is 34.2 Å². The molecular weight excluding hydrogens is 293 g/mol. The summed E-state index contributed by atoms with van der Waals surface area (Å²) >= 11 is 0. The highest BCUT2D eigenvalue weighted by atomic mass is 32.2. The van der Waals surface area contributed by atoms with Crippen LogP contribution in [0.3, 0.4) is 0 Å². The van der Waals surface area contributed by atoms with Gasteiger partial charge < -0.3 is 0 Å². The quantitative estimate of drug-likeness (QED) is 0.632. The van der Waals surface area contributed by atoms with Gasteiger partial charge in [0.1, 0.15) is 9.79 Å². The molecule has 0 spiro atoms. The topological polar surface area (TPSA) is 109 Å². The first-order valence-electron chi connectivity index (χ1n) is 4.29. The van der Waals surface area contributed by atoms with E-state index >= 15 is 0 Å². The molecule has 18 heavy (non-hydrogen) atoms. The summed E-state index contributed by atoms with van der Waals surface area (Å²) in [6.45, 7) is 4.91. The van der Waals surface area contributed by atoms with Crippen LogP contribution in [-0.2, 0) is 20.2 Å². The predicted octanol–water partition coefficient (Wildman–Crippen LogP) is 0.832. The Kier molecular flexibility index (Phi) is 5.53. The molecule has 0 fully saturated rings. The van der Waals surface area contributed by atoms with Gasteiger partial charge in [-0.15, -0.1) is 0 Å². The second-order valence-corrected chi connectivity index (χ2v) is 6.11. The normalized spacial score (nSPS) is 11.7. The number of rotatable bonds is 3. The lowest BCUT2D eigenvalue weighted by molar-refractivity contribution is 0.466. The first-order chi connectivity index (χ1) is 7.55. The summed E-state index contributed by atoms with van der Waals surface area (Å²) < 4.78 is 62.3. The Balaban J connectivity index is 0.00000289. The lowest BCUT2D eigenvalue weighted by Crippen LogP contribution is -2.10. The summed E-state index contributed by atoms with van der Waals surface area (Å²) in [5.74, 6) is 0. The first kappa shape index (κ1) is 17.5. The molecule has 1 aromatic rings. The molecule has 0 aliphatic carbocycles. The van der Waals surface area contributed by atoms with Gasteiger partial charge in [0, 0.05) is 23.1 Å². The van der Waals surface area contributed by atoms with Crippen molar-refractivity contribution >= 4 is 48.9 Å². The van der Waals surface area contributed by atoms with Crippen LogP contribution in [0.2, 0.25) is 0 Å². The van der Waals surface area contributed by atoms with Crippen molar-refractivity contribution in [3.63, 3.8) is 0 Å². The fraction of sp³-hybridized carbons (Fsp3) is 0.111. The fourth-order valence-corrected chi connectivity index (χ4v) is 3.39. The minimum atomic E-state index is -4.79. The van der Waals surface area contributed by atoms with Gasteiger partial charge in [0.05, 0.1) is 0 Å². The van der Waals surface area contributed by atoms with Crippen LogP contribution in [0.5, 0.6) is 0 Å². The smallest absolute Gasteiger partial charge is 0.282 e. The van der Waals surface area contributed by atoms with Crippen molar-refractivity contribution in [2.24, 2.45) is 0 Å². The second-order valence-electron chi connectivity index (χ2n) is 3.36. The first-order valence-corrected chi connectivity index (χ1v) is 7.17. The van der Waals surface area contributed by atoms with Gasteiger partial charge in [-0.3, -0.25) is 9.11 Å². The average molecular weight is 303 g/mol. The van der Waals surface area contributed by atoms with Crippen molar-refractivity contribution < 1.29 is 25.9 Å². The molecule has 0 amide bonds. The van der Waals surface area contributed by atoms with E-state index in [1.807, 2.05) is 0 Å². The average Bonchev–Trinajstić information content (AvgIpc) is 2.13. The van der Waals surface area contributed by atoms with Crippen molar-refractivity contribution in [3.8, 4) is 0 Å². The van der Waals surface area contributed by atoms with Gasteiger partial charge in [0.25, 0.3) is 20.2 Å². The Labute approximate surface area is 121 Å². The molecule has 6 nitrogen and oxygen atoms in total. The molecule has 0 saturated heterocycles. The minimum Gasteiger partial charge on any atom is -0.282 e. The number of hydrogen-bond acceptors (Lipinski definition) is 4. The Morgan fingerprint density at radius 2 is 1.61 bits per heavy atom. The van der Waals surface area contributed by atoms with Crippen LogP contribution in [0.4, 0.5) is 0 Å². The molecular formula is C9H10MgO6S2. The van der Waals surface area contributed by atoms with Crippen molar-refractivity contribution in [2.75, 3.05) is 0 Å². The molecule has 0 saturated carbocycles. The molecule has 2 radical (unpaired) electrons. The van der Waals surface area contributed by atoms with E-state index in [0.29, 0.717) is 0 Å². The van der Waals surface area contributed by atoms with Crippen LogP contribution in [0.25, 0.3) is 5.57 Å². The summed E-state index contributed by atoms with van der Waals surface area (Å²) in [7, 11) is -9.55. The van der Waals surface area contributed by atoms with E-state index in [9.17, 15) is 16.8 Å². The minimum absolute atomic E-state index is 0. The van der Waals surface area contributed by atoms with E-state index in [2.05, 4.69) is 6.58 Å². The monoisotopic (exact) mass is 302 g/mol. The summed E-state index contributed by atoms with van der Waals surface area (Å²) in [6, 6.07) is 3.40. The third-order valence-corrected chi connectivity index (χ3v) is 3.96. The maximum absolute atomic E-state index is 11.2. The number of benzene rings is 1. The maximum atomic E-state index is 11.2. The van der Waals surface area contributed by atoms with E-state index < -0.39 is 30.0 Å². The molecule has 0 aromatic heterocycles. The molecule has 96 valence electrons. The van der Waals surface area contributed by atoms with E-state index in [1.165, 1.54) is 19.1 Å². The number of hydrogen-bond donors (Lipinski definition) is 2. The van der Waals surface area contributed by atoms with Crippen LogP contribution in [0.1, 0.15) is 12.5 Å². The lowest BCUT2D eigenvalue weighted by Gasteiger charge is -2.10. The summed E-state index contributed by atoms with van der Waals surface area (Å²) in [6.07, 6.45) is 0. The van der Waals surface area contributed by atoms with Gasteiger partial charge >= 0.3 is 0 Å². The number of allylic oxidation sites excluding steroid dienone is 1. The molecule has 0 aliphatic rings. The zero-order valence-electron chi connectivity index (χ0n) is 9.49. The van der Waals surface area contributed by atoms with Crippen molar-refractivity contribution in [1.29, 1.82) is 0 Å². The van der Waals surface area contributed by atoms with Gasteiger partial charge in [-0.05, 0) is 24.1 Å². The Morgan fingerprint density at radius 3 is 1.94 bits per heavy atom. The summed E-state index contributed by atoms with van der Waals surface area (Å²) in [5, 5.41) is 0. The zero-order valence-corrected chi connectivity index (χ0v) is 12.5. The van der Waals surface area contributed by atoms with Gasteiger partial charge in [-0.25, -0.2) is 0 Å². The highest BCUT2D eigenvalue weighted by Gasteiger charge is 2.27. The predicted molar refractivity (Wildman–Crippen MR) is 66.5 cm³/mol. The lowest BCUT2D eigenvalue weighted by atomic mass is 10.1. The van der Waals surface area contributed by atoms with Crippen LogP contribution in [0, 0.1) is 0 Å². The summed E-state index contributed by atoms with van der Waals surface area (Å²) in [5.41, 5.74) is 0.172. The Morgan fingerprint density at radius 1 is 1.11 bits per heavy atom. The molecule has 0 aliphatic heterocycles. The van der Waals surface area contributed by atoms with Crippen LogP contribution < -0.4 is 0 Å². The second kappa shape index (κ2) is 5.67. The van der Waals surface area contributed by atoms with Crippen LogP contribution in [0.15, 0.2) is 34.6 Å². The van der Waals surface area contributed by atoms with E-state index in [4.69, 9.17) is 9.11 Å². The molecule has 1 aromatic carbocycles. The molecule has 0 heterocycles. The van der Waals surface area contributed by atoms with E-state index in [1.54, 1.807) is 0 Å². The van der Waals surface area contributed by atoms with Gasteiger partial charge in [0.15, 0.2) is 0 Å². The Bertz CT molecular complexity index is 675. The van der Waals surface area contributed by atoms with Crippen LogP contribution in [-0.4, -0.2) is 49.0 Å². The molecule has 9 heteroatoms. The molecule has 1 rings (SSSR count). The van der Waals surface area contributed by atoms with Gasteiger partial charge in [0.2, 0.25) is 0 Å². The van der Waals surface area contributed by atoms with Crippen molar-refractivity contribution in [2.45, 2.75) is 16.7 Å². The zero-order chi connectivity index (χ0) is 13.4. The standard InChI is InChI=1S/C9H10O6S2.Mg/c1-6(2)7-4-3-5-8(16(10,11)12)9(7)17(13,14)15;/h3-5H,1H2,2H3,(H,10,11,12)(H,13,14,15);. The Hall–Kier alpha value is -0.454. The van der Waals surface area contributed by atoms with E-state index in [0.717, 1.165) is 6.07 Å². The van der Waals surface area contributed by atoms with Gasteiger partial charge in [-0.2, -0.15) is 16.8 Å².